The van der Waals surface area contributed by atoms with Crippen molar-refractivity contribution in [1.82, 2.24) is 10.2 Å². The second-order valence-electron chi connectivity index (χ2n) is 12.9. The Morgan fingerprint density at radius 2 is 1.52 bits per heavy atom. The van der Waals surface area contributed by atoms with Gasteiger partial charge in [-0.2, -0.15) is 0 Å². The Morgan fingerprint density at radius 3 is 2.19 bits per heavy atom. The molecule has 0 aromatic heterocycles. The molecule has 2 aromatic rings. The van der Waals surface area contributed by atoms with Crippen LogP contribution in [0.15, 0.2) is 65.4 Å². The fourth-order valence-electron chi connectivity index (χ4n) is 7.53. The van der Waals surface area contributed by atoms with Crippen molar-refractivity contribution in [3.05, 3.63) is 82.1 Å². The third-order valence-electron chi connectivity index (χ3n) is 9.39. The van der Waals surface area contributed by atoms with Gasteiger partial charge in [-0.25, -0.2) is 4.79 Å². The second-order valence-corrected chi connectivity index (χ2v) is 12.9. The molecule has 42 heavy (non-hydrogen) atoms. The first-order valence-electron chi connectivity index (χ1n) is 14.7. The lowest BCUT2D eigenvalue weighted by Crippen LogP contribution is -2.37. The molecule has 2 fully saturated rings. The lowest BCUT2D eigenvalue weighted by atomic mass is 9.68. The van der Waals surface area contributed by atoms with Crippen molar-refractivity contribution in [3.8, 4) is 5.75 Å². The molecule has 0 bridgehead atoms. The molecule has 3 atom stereocenters. The van der Waals surface area contributed by atoms with Crippen molar-refractivity contribution < 1.29 is 28.7 Å². The van der Waals surface area contributed by atoms with Crippen LogP contribution in [0.2, 0.25) is 0 Å². The monoisotopic (exact) mass is 564 g/mol. The summed E-state index contributed by atoms with van der Waals surface area (Å²) in [6.45, 7) is 3.73. The van der Waals surface area contributed by atoms with Crippen molar-refractivity contribution >= 4 is 35.0 Å². The number of nitrogens with zero attached hydrogens (tertiary/aromatic N) is 1. The van der Waals surface area contributed by atoms with Gasteiger partial charge in [-0.05, 0) is 42.4 Å². The summed E-state index contributed by atoms with van der Waals surface area (Å²) in [4.78, 5) is 66.6. The van der Waals surface area contributed by atoms with E-state index in [1.807, 2.05) is 24.3 Å². The number of ketones is 2. The molecule has 0 unspecified atom stereocenters. The van der Waals surface area contributed by atoms with Gasteiger partial charge < -0.3 is 10.1 Å². The summed E-state index contributed by atoms with van der Waals surface area (Å²) in [6, 6.07) is 14.3. The van der Waals surface area contributed by atoms with Crippen LogP contribution in [0.3, 0.4) is 0 Å². The zero-order valence-corrected chi connectivity index (χ0v) is 23.7. The predicted octanol–water partition coefficient (Wildman–Crippen LogP) is 4.70. The molecular formula is C34H32N2O6. The molecule has 2 aromatic carbocycles. The van der Waals surface area contributed by atoms with Crippen LogP contribution in [0.4, 0.5) is 0 Å². The molecule has 0 spiro atoms. The maximum absolute atomic E-state index is 13.7. The van der Waals surface area contributed by atoms with E-state index in [1.54, 1.807) is 24.3 Å². The van der Waals surface area contributed by atoms with E-state index in [4.69, 9.17) is 4.74 Å². The molecule has 2 amide bonds. The molecule has 1 saturated carbocycles. The first kappa shape index (κ1) is 26.6. The molecule has 2 aliphatic heterocycles. The van der Waals surface area contributed by atoms with E-state index >= 15 is 0 Å². The van der Waals surface area contributed by atoms with Crippen molar-refractivity contribution in [2.45, 2.75) is 58.3 Å². The van der Waals surface area contributed by atoms with E-state index < -0.39 is 18.4 Å². The Balaban J connectivity index is 1.16. The molecule has 3 aliphatic carbocycles. The molecule has 7 rings (SSSR count). The zero-order chi connectivity index (χ0) is 29.3. The molecule has 5 aliphatic rings. The quantitative estimate of drug-likeness (QED) is 0.326. The maximum Gasteiger partial charge on any atom is 0.331 e. The predicted molar refractivity (Wildman–Crippen MR) is 153 cm³/mol. The van der Waals surface area contributed by atoms with Crippen LogP contribution in [0.5, 0.6) is 5.75 Å². The summed E-state index contributed by atoms with van der Waals surface area (Å²) in [7, 11) is 0. The van der Waals surface area contributed by atoms with Gasteiger partial charge in [0.15, 0.2) is 11.6 Å². The van der Waals surface area contributed by atoms with Crippen LogP contribution in [-0.4, -0.2) is 40.8 Å². The van der Waals surface area contributed by atoms with E-state index in [1.165, 1.54) is 0 Å². The fraction of sp³-hybridized carbons (Fsp3) is 0.382. The summed E-state index contributed by atoms with van der Waals surface area (Å²) < 4.78 is 5.53. The number of Topliss-reactive ketones (excluding diaryl/α,β-unsaturated/α-hetero) is 2. The molecule has 1 saturated heterocycles. The van der Waals surface area contributed by atoms with Crippen LogP contribution in [0.25, 0.3) is 5.70 Å². The molecule has 2 heterocycles. The van der Waals surface area contributed by atoms with Gasteiger partial charge in [0.1, 0.15) is 12.3 Å². The number of fused-ring (bicyclic) bond motifs is 3. The van der Waals surface area contributed by atoms with Gasteiger partial charge in [-0.1, -0.05) is 63.1 Å². The van der Waals surface area contributed by atoms with Crippen LogP contribution >= 0.6 is 0 Å². The lowest BCUT2D eigenvalue weighted by Gasteiger charge is -2.39. The number of amides is 2. The largest absolute Gasteiger partial charge is 0.425 e. The van der Waals surface area contributed by atoms with Crippen LogP contribution in [0.1, 0.15) is 79.8 Å². The van der Waals surface area contributed by atoms with Crippen LogP contribution in [-0.2, 0) is 19.2 Å². The molecule has 8 heteroatoms. The summed E-state index contributed by atoms with van der Waals surface area (Å²) in [5.74, 6) is -2.26. The van der Waals surface area contributed by atoms with Crippen LogP contribution in [0, 0.1) is 17.3 Å². The van der Waals surface area contributed by atoms with Crippen molar-refractivity contribution in [2.75, 3.05) is 6.54 Å². The summed E-state index contributed by atoms with van der Waals surface area (Å²) in [6.07, 6.45) is 4.27. The number of hydrogen-bond acceptors (Lipinski definition) is 7. The summed E-state index contributed by atoms with van der Waals surface area (Å²) in [5, 5.41) is 3.48. The number of carbonyl (C=O) groups is 5. The van der Waals surface area contributed by atoms with Gasteiger partial charge in [-0.15, -0.1) is 0 Å². The van der Waals surface area contributed by atoms with Gasteiger partial charge in [0.05, 0.1) is 17.5 Å². The first-order chi connectivity index (χ1) is 20.1. The average molecular weight is 565 g/mol. The van der Waals surface area contributed by atoms with E-state index in [0.717, 1.165) is 40.3 Å². The van der Waals surface area contributed by atoms with Crippen molar-refractivity contribution in [3.63, 3.8) is 0 Å². The van der Waals surface area contributed by atoms with E-state index in [0.29, 0.717) is 42.4 Å². The third kappa shape index (κ3) is 4.15. The minimum absolute atomic E-state index is 0.0186. The number of imide groups is 1. The minimum atomic E-state index is -0.689. The number of dihydropyridines is 1. The van der Waals surface area contributed by atoms with E-state index in [2.05, 4.69) is 19.2 Å². The zero-order valence-electron chi connectivity index (χ0n) is 23.7. The number of likely N-dealkylation sites (tertiary alicyclic amines) is 1. The van der Waals surface area contributed by atoms with Crippen molar-refractivity contribution in [2.24, 2.45) is 17.3 Å². The van der Waals surface area contributed by atoms with Gasteiger partial charge in [-0.3, -0.25) is 24.1 Å². The number of carbonyl (C=O) groups excluding carboxylic acids is 5. The minimum Gasteiger partial charge on any atom is -0.425 e. The highest BCUT2D eigenvalue weighted by atomic mass is 16.5. The molecule has 1 N–H and O–H groups in total. The van der Waals surface area contributed by atoms with Gasteiger partial charge in [0.25, 0.3) is 0 Å². The number of rotatable bonds is 4. The van der Waals surface area contributed by atoms with Gasteiger partial charge in [0.2, 0.25) is 11.8 Å². The highest BCUT2D eigenvalue weighted by Gasteiger charge is 2.49. The van der Waals surface area contributed by atoms with Gasteiger partial charge in [0, 0.05) is 40.3 Å². The molecule has 214 valence electrons. The van der Waals surface area contributed by atoms with Gasteiger partial charge >= 0.3 is 5.97 Å². The van der Waals surface area contributed by atoms with Crippen molar-refractivity contribution in [1.29, 1.82) is 0 Å². The number of allylic oxidation sites excluding steroid dienone is 3. The van der Waals surface area contributed by atoms with E-state index in [-0.39, 0.29) is 46.4 Å². The Hall–Kier alpha value is -4.33. The Kier molecular flexibility index (Phi) is 6.08. The maximum atomic E-state index is 13.7. The number of benzene rings is 2. The van der Waals surface area contributed by atoms with Crippen LogP contribution < -0.4 is 10.1 Å². The number of esters is 1. The number of hydrogen-bond donors (Lipinski definition) is 1. The Labute approximate surface area is 243 Å². The molecule has 8 nitrogen and oxygen atoms in total. The molecule has 0 radical (unpaired) electrons. The second kappa shape index (κ2) is 9.61. The summed E-state index contributed by atoms with van der Waals surface area (Å²) >= 11 is 0. The fourth-order valence-corrected chi connectivity index (χ4v) is 7.53. The normalized spacial score (nSPS) is 26.0. The Bertz CT molecular complexity index is 1620. The third-order valence-corrected chi connectivity index (χ3v) is 9.39. The smallest absolute Gasteiger partial charge is 0.331 e. The highest BCUT2D eigenvalue weighted by molar-refractivity contribution is 6.23. The topological polar surface area (TPSA) is 110 Å². The number of nitrogens with one attached hydrogen (secondary N) is 1. The lowest BCUT2D eigenvalue weighted by molar-refractivity contribution is -0.148. The standard InChI is InChI=1S/C34H32N2O6/c1-34(2)15-24-28(25(37)16-34)27(29-30(35-24)20-7-3-4-8-21(20)31(29)39)18-11-13-19(14-12-18)42-26(38)17-36-32(40)22-9-5-6-10-23(22)33(36)41/h3-4,7-8,11-14,22-23,27,35H,5-6,9-10,15-17H2,1-2H3/t22-,23-,27+/m0/s1. The summed E-state index contributed by atoms with van der Waals surface area (Å²) in [5.41, 5.74) is 4.76. The molecular weight excluding hydrogens is 532 g/mol. The number of ether oxygens (including phenoxy) is 1. The van der Waals surface area contributed by atoms with E-state index in [9.17, 15) is 24.0 Å². The Morgan fingerprint density at radius 1 is 0.881 bits per heavy atom. The first-order valence-corrected chi connectivity index (χ1v) is 14.7. The highest BCUT2D eigenvalue weighted by Crippen LogP contribution is 2.51. The average Bonchev–Trinajstić information content (AvgIpc) is 3.38. The SMILES string of the molecule is CC1(C)CC(=O)C2=C(C1)NC1=C(C(=O)c3ccccc31)[C@@H]2c1ccc(OC(=O)CN2C(=O)[C@H]3CCCC[C@@H]3C2=O)cc1.